The number of rotatable bonds is 0. The van der Waals surface area contributed by atoms with Crippen LogP contribution < -0.4 is 10.5 Å². The van der Waals surface area contributed by atoms with Crippen molar-refractivity contribution < 1.29 is 9.13 Å². The molecule has 1 saturated carbocycles. The van der Waals surface area contributed by atoms with E-state index in [1.165, 1.54) is 31.4 Å². The van der Waals surface area contributed by atoms with Gasteiger partial charge in [0.15, 0.2) is 0 Å². The summed E-state index contributed by atoms with van der Waals surface area (Å²) in [4.78, 5) is 0. The van der Waals surface area contributed by atoms with Gasteiger partial charge in [-0.25, -0.2) is 4.39 Å². The van der Waals surface area contributed by atoms with Crippen LogP contribution in [0, 0.1) is 5.82 Å². The Bertz CT molecular complexity index is 426. The maximum absolute atomic E-state index is 13.2. The standard InChI is InChI=1S/C14H18FNO/c15-10-4-5-13-11(8-10)12(16)9-14(17-13)6-2-1-3-7-14/h4-5,8,12H,1-3,6-7,9,16H2. The summed E-state index contributed by atoms with van der Waals surface area (Å²) >= 11 is 0. The highest BCUT2D eigenvalue weighted by Gasteiger charge is 2.40. The monoisotopic (exact) mass is 235 g/mol. The summed E-state index contributed by atoms with van der Waals surface area (Å²) < 4.78 is 19.3. The van der Waals surface area contributed by atoms with E-state index in [1.54, 1.807) is 6.07 Å². The highest BCUT2D eigenvalue weighted by Crippen LogP contribution is 2.45. The van der Waals surface area contributed by atoms with Crippen molar-refractivity contribution in [2.24, 2.45) is 5.73 Å². The van der Waals surface area contributed by atoms with E-state index >= 15 is 0 Å². The number of hydrogen-bond acceptors (Lipinski definition) is 2. The average molecular weight is 235 g/mol. The zero-order valence-electron chi connectivity index (χ0n) is 9.92. The maximum atomic E-state index is 13.2. The molecule has 92 valence electrons. The number of ether oxygens (including phenoxy) is 1. The first kappa shape index (κ1) is 11.0. The quantitative estimate of drug-likeness (QED) is 0.748. The molecule has 1 aliphatic heterocycles. The summed E-state index contributed by atoms with van der Waals surface area (Å²) in [6, 6.07) is 4.59. The lowest BCUT2D eigenvalue weighted by molar-refractivity contribution is 0.00179. The molecule has 1 heterocycles. The van der Waals surface area contributed by atoms with Gasteiger partial charge in [-0.05, 0) is 43.9 Å². The molecule has 0 aromatic heterocycles. The Hall–Kier alpha value is -1.09. The Balaban J connectivity index is 1.94. The average Bonchev–Trinajstić information content (AvgIpc) is 2.31. The van der Waals surface area contributed by atoms with Gasteiger partial charge in [-0.2, -0.15) is 0 Å². The smallest absolute Gasteiger partial charge is 0.125 e. The normalized spacial score (nSPS) is 26.4. The number of fused-ring (bicyclic) bond motifs is 1. The predicted octanol–water partition coefficient (Wildman–Crippen LogP) is 3.31. The molecule has 0 amide bonds. The van der Waals surface area contributed by atoms with Crippen molar-refractivity contribution >= 4 is 0 Å². The van der Waals surface area contributed by atoms with Crippen LogP contribution in [0.25, 0.3) is 0 Å². The SMILES string of the molecule is NC1CC2(CCCCC2)Oc2ccc(F)cc21. The van der Waals surface area contributed by atoms with Gasteiger partial charge in [0.05, 0.1) is 0 Å². The first-order chi connectivity index (χ1) is 8.19. The Kier molecular flexibility index (Phi) is 2.58. The minimum Gasteiger partial charge on any atom is -0.487 e. The third-order valence-corrected chi connectivity index (χ3v) is 4.05. The minimum atomic E-state index is -0.234. The highest BCUT2D eigenvalue weighted by molar-refractivity contribution is 5.39. The highest BCUT2D eigenvalue weighted by atomic mass is 19.1. The number of hydrogen-bond donors (Lipinski definition) is 1. The molecule has 0 bridgehead atoms. The molecule has 2 aliphatic rings. The predicted molar refractivity (Wildman–Crippen MR) is 64.4 cm³/mol. The Morgan fingerprint density at radius 2 is 2.00 bits per heavy atom. The summed E-state index contributed by atoms with van der Waals surface area (Å²) in [6.45, 7) is 0. The van der Waals surface area contributed by atoms with Gasteiger partial charge in [-0.3, -0.25) is 0 Å². The molecule has 3 heteroatoms. The Morgan fingerprint density at radius 3 is 2.76 bits per heavy atom. The molecule has 1 spiro atoms. The second-order valence-corrected chi connectivity index (χ2v) is 5.34. The Labute approximate surface area is 101 Å². The van der Waals surface area contributed by atoms with Crippen molar-refractivity contribution in [1.82, 2.24) is 0 Å². The van der Waals surface area contributed by atoms with E-state index < -0.39 is 0 Å². The van der Waals surface area contributed by atoms with Gasteiger partial charge < -0.3 is 10.5 Å². The third kappa shape index (κ3) is 1.93. The van der Waals surface area contributed by atoms with E-state index in [4.69, 9.17) is 10.5 Å². The fourth-order valence-corrected chi connectivity index (χ4v) is 3.19. The fraction of sp³-hybridized carbons (Fsp3) is 0.571. The lowest BCUT2D eigenvalue weighted by Crippen LogP contribution is -2.44. The van der Waals surface area contributed by atoms with Gasteiger partial charge in [-0.1, -0.05) is 6.42 Å². The topological polar surface area (TPSA) is 35.2 Å². The van der Waals surface area contributed by atoms with Crippen molar-refractivity contribution in [1.29, 1.82) is 0 Å². The minimum absolute atomic E-state index is 0.0809. The molecule has 1 aromatic rings. The summed E-state index contributed by atoms with van der Waals surface area (Å²) in [5.41, 5.74) is 6.91. The van der Waals surface area contributed by atoms with E-state index in [1.807, 2.05) is 0 Å². The molecular formula is C14H18FNO. The van der Waals surface area contributed by atoms with Crippen molar-refractivity contribution in [2.45, 2.75) is 50.2 Å². The van der Waals surface area contributed by atoms with Crippen LogP contribution in [-0.4, -0.2) is 5.60 Å². The molecule has 2 N–H and O–H groups in total. The van der Waals surface area contributed by atoms with Gasteiger partial charge in [-0.15, -0.1) is 0 Å². The van der Waals surface area contributed by atoms with Gasteiger partial charge in [0.2, 0.25) is 0 Å². The van der Waals surface area contributed by atoms with Crippen LogP contribution in [-0.2, 0) is 0 Å². The van der Waals surface area contributed by atoms with Gasteiger partial charge in [0.1, 0.15) is 17.2 Å². The van der Waals surface area contributed by atoms with Crippen molar-refractivity contribution in [2.75, 3.05) is 0 Å². The van der Waals surface area contributed by atoms with E-state index in [0.717, 1.165) is 30.6 Å². The second-order valence-electron chi connectivity index (χ2n) is 5.34. The summed E-state index contributed by atoms with van der Waals surface area (Å²) in [7, 11) is 0. The van der Waals surface area contributed by atoms with Gasteiger partial charge in [0, 0.05) is 18.0 Å². The van der Waals surface area contributed by atoms with Crippen LogP contribution in [0.5, 0.6) is 5.75 Å². The first-order valence-corrected chi connectivity index (χ1v) is 6.43. The van der Waals surface area contributed by atoms with Crippen LogP contribution in [0.15, 0.2) is 18.2 Å². The molecule has 3 rings (SSSR count). The van der Waals surface area contributed by atoms with Crippen molar-refractivity contribution in [3.8, 4) is 5.75 Å². The zero-order chi connectivity index (χ0) is 11.9. The Morgan fingerprint density at radius 1 is 1.24 bits per heavy atom. The molecule has 0 radical (unpaired) electrons. The third-order valence-electron chi connectivity index (χ3n) is 4.05. The van der Waals surface area contributed by atoms with E-state index in [0.29, 0.717) is 0 Å². The molecule has 17 heavy (non-hydrogen) atoms. The molecule has 1 aromatic carbocycles. The molecule has 1 atom stereocenters. The molecule has 1 aliphatic carbocycles. The molecule has 1 fully saturated rings. The van der Waals surface area contributed by atoms with Crippen LogP contribution >= 0.6 is 0 Å². The van der Waals surface area contributed by atoms with Crippen LogP contribution in [0.4, 0.5) is 4.39 Å². The lowest BCUT2D eigenvalue weighted by Gasteiger charge is -2.43. The lowest BCUT2D eigenvalue weighted by atomic mass is 9.77. The van der Waals surface area contributed by atoms with Crippen LogP contribution in [0.1, 0.15) is 50.1 Å². The molecule has 2 nitrogen and oxygen atoms in total. The zero-order valence-corrected chi connectivity index (χ0v) is 9.92. The van der Waals surface area contributed by atoms with E-state index in [-0.39, 0.29) is 17.5 Å². The van der Waals surface area contributed by atoms with Crippen molar-refractivity contribution in [3.05, 3.63) is 29.6 Å². The summed E-state index contributed by atoms with van der Waals surface area (Å²) in [5, 5.41) is 0. The van der Waals surface area contributed by atoms with Gasteiger partial charge >= 0.3 is 0 Å². The van der Waals surface area contributed by atoms with Gasteiger partial charge in [0.25, 0.3) is 0 Å². The number of halogens is 1. The number of nitrogens with two attached hydrogens (primary N) is 1. The maximum Gasteiger partial charge on any atom is 0.125 e. The van der Waals surface area contributed by atoms with Crippen LogP contribution in [0.2, 0.25) is 0 Å². The fourth-order valence-electron chi connectivity index (χ4n) is 3.19. The molecule has 1 unspecified atom stereocenters. The van der Waals surface area contributed by atoms with Crippen LogP contribution in [0.3, 0.4) is 0 Å². The largest absolute Gasteiger partial charge is 0.487 e. The molecular weight excluding hydrogens is 217 g/mol. The van der Waals surface area contributed by atoms with E-state index in [9.17, 15) is 4.39 Å². The van der Waals surface area contributed by atoms with E-state index in [2.05, 4.69) is 0 Å². The first-order valence-electron chi connectivity index (χ1n) is 6.43. The van der Waals surface area contributed by atoms with Crippen molar-refractivity contribution in [3.63, 3.8) is 0 Å². The summed E-state index contributed by atoms with van der Waals surface area (Å²) in [5.74, 6) is 0.550. The number of benzene rings is 1. The second kappa shape index (κ2) is 3.98. The molecule has 0 saturated heterocycles. The summed E-state index contributed by atoms with van der Waals surface area (Å²) in [6.07, 6.45) is 6.70.